The molecule has 1 unspecified atom stereocenters. The molecule has 2 aromatic rings. The van der Waals surface area contributed by atoms with Crippen molar-refractivity contribution in [1.82, 2.24) is 20.2 Å². The van der Waals surface area contributed by atoms with Gasteiger partial charge in [-0.3, -0.25) is 4.79 Å². The number of carbonyl (C=O) groups excluding carboxylic acids is 1. The maximum atomic E-state index is 13.5. The highest BCUT2D eigenvalue weighted by molar-refractivity contribution is 8.00. The number of carbonyl (C=O) groups is 1. The molecule has 1 aliphatic rings. The van der Waals surface area contributed by atoms with Crippen LogP contribution in [0.25, 0.3) is 0 Å². The van der Waals surface area contributed by atoms with Crippen LogP contribution in [0.15, 0.2) is 23.4 Å². The molecular formula is C14H16FN5OS. The van der Waals surface area contributed by atoms with Crippen LogP contribution in [0.5, 0.6) is 0 Å². The molecule has 8 heteroatoms. The second-order valence-electron chi connectivity index (χ2n) is 5.35. The molecular weight excluding hydrogens is 305 g/mol. The third-order valence-electron chi connectivity index (χ3n) is 3.45. The number of hydrogen-bond donors (Lipinski definition) is 1. The molecule has 1 aliphatic carbocycles. The topological polar surface area (TPSA) is 72.7 Å². The average Bonchev–Trinajstić information content (AvgIpc) is 3.23. The zero-order chi connectivity index (χ0) is 15.7. The first-order valence-corrected chi connectivity index (χ1v) is 7.94. The zero-order valence-corrected chi connectivity index (χ0v) is 13.1. The predicted octanol–water partition coefficient (Wildman–Crippen LogP) is 2.57. The monoisotopic (exact) mass is 321 g/mol. The van der Waals surface area contributed by atoms with E-state index in [0.717, 1.165) is 12.8 Å². The summed E-state index contributed by atoms with van der Waals surface area (Å²) in [6, 6.07) is 5.00. The van der Waals surface area contributed by atoms with Gasteiger partial charge in [-0.25, -0.2) is 9.07 Å². The van der Waals surface area contributed by atoms with Crippen molar-refractivity contribution in [2.75, 3.05) is 5.32 Å². The van der Waals surface area contributed by atoms with Gasteiger partial charge in [-0.15, -0.1) is 5.10 Å². The van der Waals surface area contributed by atoms with Crippen molar-refractivity contribution in [2.24, 2.45) is 0 Å². The van der Waals surface area contributed by atoms with E-state index in [0.29, 0.717) is 22.4 Å². The van der Waals surface area contributed by atoms with E-state index >= 15 is 0 Å². The quantitative estimate of drug-likeness (QED) is 0.857. The van der Waals surface area contributed by atoms with E-state index in [1.807, 2.05) is 0 Å². The van der Waals surface area contributed by atoms with Gasteiger partial charge < -0.3 is 5.32 Å². The van der Waals surface area contributed by atoms with Gasteiger partial charge >= 0.3 is 0 Å². The van der Waals surface area contributed by atoms with Crippen molar-refractivity contribution in [3.05, 3.63) is 29.6 Å². The molecule has 1 heterocycles. The smallest absolute Gasteiger partial charge is 0.237 e. The Labute approximate surface area is 131 Å². The SMILES string of the molecule is Cc1ccc(NC(=O)C(C)Sc2nnnn2C2CC2)cc1F. The fraction of sp³-hybridized carbons (Fsp3) is 0.429. The first kappa shape index (κ1) is 15.0. The van der Waals surface area contributed by atoms with Crippen molar-refractivity contribution in [2.45, 2.75) is 43.1 Å². The predicted molar refractivity (Wildman–Crippen MR) is 81.2 cm³/mol. The van der Waals surface area contributed by atoms with Gasteiger partial charge in [0, 0.05) is 5.69 Å². The third-order valence-corrected chi connectivity index (χ3v) is 4.49. The van der Waals surface area contributed by atoms with Crippen LogP contribution in [0.2, 0.25) is 0 Å². The van der Waals surface area contributed by atoms with Crippen molar-refractivity contribution in [1.29, 1.82) is 0 Å². The van der Waals surface area contributed by atoms with E-state index in [2.05, 4.69) is 20.8 Å². The summed E-state index contributed by atoms with van der Waals surface area (Å²) in [7, 11) is 0. The molecule has 22 heavy (non-hydrogen) atoms. The molecule has 1 amide bonds. The molecule has 0 spiro atoms. The largest absolute Gasteiger partial charge is 0.325 e. The maximum absolute atomic E-state index is 13.5. The van der Waals surface area contributed by atoms with Gasteiger partial charge in [0.1, 0.15) is 5.82 Å². The summed E-state index contributed by atoms with van der Waals surface area (Å²) >= 11 is 1.30. The molecule has 1 N–H and O–H groups in total. The lowest BCUT2D eigenvalue weighted by Gasteiger charge is -2.12. The minimum atomic E-state index is -0.382. The summed E-state index contributed by atoms with van der Waals surface area (Å²) in [4.78, 5) is 12.2. The average molecular weight is 321 g/mol. The highest BCUT2D eigenvalue weighted by Crippen LogP contribution is 2.37. The molecule has 0 saturated heterocycles. The van der Waals surface area contributed by atoms with Gasteiger partial charge in [0.25, 0.3) is 0 Å². The number of benzene rings is 1. The number of halogens is 1. The number of nitrogens with zero attached hydrogens (tertiary/aromatic N) is 4. The standard InChI is InChI=1S/C14H16FN5OS/c1-8-3-4-10(7-12(8)15)16-13(21)9(2)22-14-17-18-19-20(14)11-5-6-11/h3-4,7,9,11H,5-6H2,1-2H3,(H,16,21). The van der Waals surface area contributed by atoms with E-state index in [9.17, 15) is 9.18 Å². The Morgan fingerprint density at radius 2 is 2.27 bits per heavy atom. The fourth-order valence-corrected chi connectivity index (χ4v) is 2.80. The number of aryl methyl sites for hydroxylation is 1. The molecule has 116 valence electrons. The van der Waals surface area contributed by atoms with Gasteiger partial charge in [0.15, 0.2) is 0 Å². The number of amides is 1. The van der Waals surface area contributed by atoms with Crippen LogP contribution in [-0.2, 0) is 4.79 Å². The maximum Gasteiger partial charge on any atom is 0.237 e. The summed E-state index contributed by atoms with van der Waals surface area (Å²) in [6.07, 6.45) is 2.14. The second-order valence-corrected chi connectivity index (χ2v) is 6.66. The van der Waals surface area contributed by atoms with Crippen molar-refractivity contribution in [3.8, 4) is 0 Å². The van der Waals surface area contributed by atoms with Crippen molar-refractivity contribution >= 4 is 23.4 Å². The highest BCUT2D eigenvalue weighted by atomic mass is 32.2. The lowest BCUT2D eigenvalue weighted by atomic mass is 10.2. The van der Waals surface area contributed by atoms with Crippen LogP contribution in [0.4, 0.5) is 10.1 Å². The molecule has 0 bridgehead atoms. The van der Waals surface area contributed by atoms with Gasteiger partial charge in [0.05, 0.1) is 11.3 Å². The lowest BCUT2D eigenvalue weighted by molar-refractivity contribution is -0.115. The van der Waals surface area contributed by atoms with Crippen LogP contribution < -0.4 is 5.32 Å². The Bertz CT molecular complexity index is 700. The second kappa shape index (κ2) is 6.04. The summed E-state index contributed by atoms with van der Waals surface area (Å²) in [5, 5.41) is 14.5. The van der Waals surface area contributed by atoms with Crippen LogP contribution in [0.3, 0.4) is 0 Å². The Kier molecular flexibility index (Phi) is 4.10. The summed E-state index contributed by atoms with van der Waals surface area (Å²) in [6.45, 7) is 3.45. The minimum absolute atomic E-state index is 0.210. The zero-order valence-electron chi connectivity index (χ0n) is 12.3. The van der Waals surface area contributed by atoms with Gasteiger partial charge in [-0.05, 0) is 54.8 Å². The molecule has 1 aromatic carbocycles. The molecule has 3 rings (SSSR count). The Morgan fingerprint density at radius 3 is 2.95 bits per heavy atom. The number of thioether (sulfide) groups is 1. The van der Waals surface area contributed by atoms with Crippen molar-refractivity contribution < 1.29 is 9.18 Å². The van der Waals surface area contributed by atoms with E-state index in [4.69, 9.17) is 0 Å². The molecule has 1 atom stereocenters. The first-order chi connectivity index (χ1) is 10.5. The van der Waals surface area contributed by atoms with E-state index in [1.54, 1.807) is 30.7 Å². The van der Waals surface area contributed by atoms with E-state index in [-0.39, 0.29) is 17.0 Å². The normalized spacial score (nSPS) is 15.6. The number of anilines is 1. The summed E-state index contributed by atoms with van der Waals surface area (Å²) in [5.41, 5.74) is 0.992. The van der Waals surface area contributed by atoms with Crippen molar-refractivity contribution in [3.63, 3.8) is 0 Å². The van der Waals surface area contributed by atoms with Crippen LogP contribution in [0, 0.1) is 12.7 Å². The number of aromatic nitrogens is 4. The number of hydrogen-bond acceptors (Lipinski definition) is 5. The number of nitrogens with one attached hydrogen (secondary N) is 1. The summed E-state index contributed by atoms with van der Waals surface area (Å²) < 4.78 is 15.3. The Morgan fingerprint density at radius 1 is 1.50 bits per heavy atom. The van der Waals surface area contributed by atoms with Crippen LogP contribution in [0.1, 0.15) is 31.4 Å². The van der Waals surface area contributed by atoms with Crippen LogP contribution in [-0.4, -0.2) is 31.4 Å². The molecule has 6 nitrogen and oxygen atoms in total. The Hall–Kier alpha value is -1.96. The van der Waals surface area contributed by atoms with Gasteiger partial charge in [-0.1, -0.05) is 17.8 Å². The Balaban J connectivity index is 1.63. The number of tetrazole rings is 1. The van der Waals surface area contributed by atoms with E-state index < -0.39 is 0 Å². The molecule has 0 radical (unpaired) electrons. The van der Waals surface area contributed by atoms with Gasteiger partial charge in [0.2, 0.25) is 11.1 Å². The van der Waals surface area contributed by atoms with Crippen LogP contribution >= 0.6 is 11.8 Å². The highest BCUT2D eigenvalue weighted by Gasteiger charge is 2.29. The fourth-order valence-electron chi connectivity index (χ4n) is 1.94. The minimum Gasteiger partial charge on any atom is -0.325 e. The lowest BCUT2D eigenvalue weighted by Crippen LogP contribution is -2.23. The first-order valence-electron chi connectivity index (χ1n) is 7.06. The van der Waals surface area contributed by atoms with E-state index in [1.165, 1.54) is 17.8 Å². The molecule has 1 aromatic heterocycles. The molecule has 0 aliphatic heterocycles. The molecule has 1 fully saturated rings. The summed E-state index contributed by atoms with van der Waals surface area (Å²) in [5.74, 6) is -0.547. The van der Waals surface area contributed by atoms with Gasteiger partial charge in [-0.2, -0.15) is 0 Å². The number of rotatable bonds is 5. The third kappa shape index (κ3) is 3.27. The molecule has 1 saturated carbocycles.